The summed E-state index contributed by atoms with van der Waals surface area (Å²) in [6.07, 6.45) is 0.333. The number of hydrogen-bond donors (Lipinski definition) is 2. The van der Waals surface area contributed by atoms with E-state index in [4.69, 9.17) is 12.2 Å². The molecular formula is C17H18N4OS2. The number of carbonyl (C=O) groups is 1. The summed E-state index contributed by atoms with van der Waals surface area (Å²) < 4.78 is 2.39. The molecule has 2 aromatic heterocycles. The summed E-state index contributed by atoms with van der Waals surface area (Å²) in [5.41, 5.74) is 3.08. The molecule has 1 amide bonds. The molecule has 0 aliphatic rings. The predicted molar refractivity (Wildman–Crippen MR) is 99.9 cm³/mol. The summed E-state index contributed by atoms with van der Waals surface area (Å²) in [7, 11) is 0. The van der Waals surface area contributed by atoms with Crippen molar-refractivity contribution in [3.05, 3.63) is 51.6 Å². The lowest BCUT2D eigenvalue weighted by Gasteiger charge is -2.09. The molecule has 0 fully saturated rings. The van der Waals surface area contributed by atoms with Crippen molar-refractivity contribution in [3.8, 4) is 10.7 Å². The number of anilines is 1. The third-order valence-electron chi connectivity index (χ3n) is 3.57. The first-order chi connectivity index (χ1) is 11.5. The second-order valence-electron chi connectivity index (χ2n) is 5.66. The van der Waals surface area contributed by atoms with E-state index in [9.17, 15) is 4.79 Å². The van der Waals surface area contributed by atoms with Crippen LogP contribution in [0.2, 0.25) is 0 Å². The minimum atomic E-state index is -0.0415. The van der Waals surface area contributed by atoms with Crippen molar-refractivity contribution in [2.75, 3.05) is 5.32 Å². The molecule has 0 aliphatic heterocycles. The van der Waals surface area contributed by atoms with E-state index in [2.05, 4.69) is 21.6 Å². The van der Waals surface area contributed by atoms with Crippen LogP contribution in [0.1, 0.15) is 17.5 Å². The van der Waals surface area contributed by atoms with Gasteiger partial charge in [0.2, 0.25) is 5.91 Å². The van der Waals surface area contributed by atoms with Gasteiger partial charge in [0.05, 0.1) is 4.88 Å². The van der Waals surface area contributed by atoms with E-state index in [0.717, 1.165) is 27.5 Å². The Morgan fingerprint density at radius 3 is 2.75 bits per heavy atom. The zero-order valence-electron chi connectivity index (χ0n) is 13.5. The Morgan fingerprint density at radius 1 is 1.33 bits per heavy atom. The smallest absolute Gasteiger partial charge is 0.226 e. The van der Waals surface area contributed by atoms with Gasteiger partial charge in [-0.15, -0.1) is 11.3 Å². The van der Waals surface area contributed by atoms with Gasteiger partial charge in [0.15, 0.2) is 10.6 Å². The van der Waals surface area contributed by atoms with E-state index in [1.165, 1.54) is 0 Å². The minimum Gasteiger partial charge on any atom is -0.326 e. The summed E-state index contributed by atoms with van der Waals surface area (Å²) in [4.78, 5) is 13.3. The minimum absolute atomic E-state index is 0.0415. The summed E-state index contributed by atoms with van der Waals surface area (Å²) in [6.45, 7) is 4.51. The second kappa shape index (κ2) is 7.11. The van der Waals surface area contributed by atoms with Gasteiger partial charge in [0, 0.05) is 18.7 Å². The largest absolute Gasteiger partial charge is 0.326 e. The molecule has 0 bridgehead atoms. The Hall–Kier alpha value is -2.25. The van der Waals surface area contributed by atoms with Gasteiger partial charge in [-0.1, -0.05) is 12.1 Å². The van der Waals surface area contributed by atoms with Crippen LogP contribution in [0.3, 0.4) is 0 Å². The number of nitrogens with one attached hydrogen (secondary N) is 2. The summed E-state index contributed by atoms with van der Waals surface area (Å²) in [6, 6.07) is 9.96. The van der Waals surface area contributed by atoms with Crippen molar-refractivity contribution in [1.82, 2.24) is 14.8 Å². The SMILES string of the molecule is Cc1cc(C)cc(NC(=O)CCn2c(-c3cccs3)n[nH]c2=S)c1. The lowest BCUT2D eigenvalue weighted by atomic mass is 10.1. The number of H-pyrrole nitrogens is 1. The molecule has 0 aliphatic carbocycles. The highest BCUT2D eigenvalue weighted by molar-refractivity contribution is 7.71. The van der Waals surface area contributed by atoms with Gasteiger partial charge in [-0.25, -0.2) is 0 Å². The molecular weight excluding hydrogens is 340 g/mol. The van der Waals surface area contributed by atoms with Gasteiger partial charge in [-0.3, -0.25) is 14.5 Å². The second-order valence-corrected chi connectivity index (χ2v) is 6.99. The zero-order valence-corrected chi connectivity index (χ0v) is 15.1. The molecule has 0 spiro atoms. The van der Waals surface area contributed by atoms with E-state index in [1.54, 1.807) is 11.3 Å². The standard InChI is InChI=1S/C17H18N4OS2/c1-11-8-12(2)10-13(9-11)18-15(22)5-6-21-16(19-20-17(21)23)14-4-3-7-24-14/h3-4,7-10H,5-6H2,1-2H3,(H,18,22)(H,20,23). The van der Waals surface area contributed by atoms with Crippen LogP contribution in [0.15, 0.2) is 35.7 Å². The molecule has 2 N–H and O–H groups in total. The van der Waals surface area contributed by atoms with E-state index in [1.807, 2.05) is 48.1 Å². The number of rotatable bonds is 5. The first-order valence-electron chi connectivity index (χ1n) is 7.60. The molecule has 0 atom stereocenters. The highest BCUT2D eigenvalue weighted by Crippen LogP contribution is 2.23. The monoisotopic (exact) mass is 358 g/mol. The van der Waals surface area contributed by atoms with Crippen LogP contribution in [0, 0.1) is 18.6 Å². The van der Waals surface area contributed by atoms with Crippen molar-refractivity contribution in [1.29, 1.82) is 0 Å². The molecule has 0 radical (unpaired) electrons. The molecule has 0 saturated heterocycles. The molecule has 1 aromatic carbocycles. The van der Waals surface area contributed by atoms with Crippen LogP contribution in [0.4, 0.5) is 5.69 Å². The molecule has 2 heterocycles. The Kier molecular flexibility index (Phi) is 4.92. The third-order valence-corrected chi connectivity index (χ3v) is 4.75. The van der Waals surface area contributed by atoms with Crippen LogP contribution in [0.5, 0.6) is 0 Å². The summed E-state index contributed by atoms with van der Waals surface area (Å²) in [5, 5.41) is 12.0. The Bertz CT molecular complexity index is 889. The van der Waals surface area contributed by atoms with Crippen molar-refractivity contribution in [3.63, 3.8) is 0 Å². The Morgan fingerprint density at radius 2 is 2.08 bits per heavy atom. The van der Waals surface area contributed by atoms with Crippen LogP contribution < -0.4 is 5.32 Å². The molecule has 0 saturated carbocycles. The quantitative estimate of drug-likeness (QED) is 0.668. The van der Waals surface area contributed by atoms with E-state index in [0.29, 0.717) is 17.7 Å². The van der Waals surface area contributed by atoms with Crippen molar-refractivity contribution >= 4 is 35.1 Å². The molecule has 3 rings (SSSR count). The van der Waals surface area contributed by atoms with Gasteiger partial charge in [0.25, 0.3) is 0 Å². The van der Waals surface area contributed by atoms with E-state index < -0.39 is 0 Å². The molecule has 24 heavy (non-hydrogen) atoms. The fourth-order valence-corrected chi connectivity index (χ4v) is 3.55. The van der Waals surface area contributed by atoms with E-state index in [-0.39, 0.29) is 5.91 Å². The van der Waals surface area contributed by atoms with Crippen LogP contribution in [0.25, 0.3) is 10.7 Å². The average Bonchev–Trinajstić information content (AvgIpc) is 3.13. The highest BCUT2D eigenvalue weighted by Gasteiger charge is 2.11. The van der Waals surface area contributed by atoms with Gasteiger partial charge >= 0.3 is 0 Å². The average molecular weight is 358 g/mol. The molecule has 5 nitrogen and oxygen atoms in total. The number of carbonyl (C=O) groups excluding carboxylic acids is 1. The fraction of sp³-hybridized carbons (Fsp3) is 0.235. The highest BCUT2D eigenvalue weighted by atomic mass is 32.1. The maximum atomic E-state index is 12.3. The normalized spacial score (nSPS) is 10.8. The van der Waals surface area contributed by atoms with Crippen LogP contribution >= 0.6 is 23.6 Å². The first kappa shape index (κ1) is 16.6. The Balaban J connectivity index is 1.69. The molecule has 0 unspecified atom stereocenters. The van der Waals surface area contributed by atoms with Crippen LogP contribution in [-0.4, -0.2) is 20.7 Å². The van der Waals surface area contributed by atoms with Gasteiger partial charge < -0.3 is 5.32 Å². The number of benzene rings is 1. The number of aryl methyl sites for hydroxylation is 2. The number of amides is 1. The predicted octanol–water partition coefficient (Wildman–Crippen LogP) is 4.31. The maximum absolute atomic E-state index is 12.3. The number of hydrogen-bond acceptors (Lipinski definition) is 4. The topological polar surface area (TPSA) is 62.7 Å². The maximum Gasteiger partial charge on any atom is 0.226 e. The number of nitrogens with zero attached hydrogens (tertiary/aromatic N) is 2. The van der Waals surface area contributed by atoms with Crippen molar-refractivity contribution in [2.24, 2.45) is 0 Å². The lowest BCUT2D eigenvalue weighted by Crippen LogP contribution is -2.15. The van der Waals surface area contributed by atoms with Crippen molar-refractivity contribution in [2.45, 2.75) is 26.8 Å². The fourth-order valence-electron chi connectivity index (χ4n) is 2.60. The van der Waals surface area contributed by atoms with Gasteiger partial charge in [-0.2, -0.15) is 5.10 Å². The molecule has 124 valence electrons. The molecule has 7 heteroatoms. The third kappa shape index (κ3) is 3.80. The van der Waals surface area contributed by atoms with Crippen LogP contribution in [-0.2, 0) is 11.3 Å². The first-order valence-corrected chi connectivity index (χ1v) is 8.89. The number of thiophene rings is 1. The Labute approximate surface area is 149 Å². The summed E-state index contributed by atoms with van der Waals surface area (Å²) in [5.74, 6) is 0.731. The van der Waals surface area contributed by atoms with Gasteiger partial charge in [0.1, 0.15) is 0 Å². The lowest BCUT2D eigenvalue weighted by molar-refractivity contribution is -0.116. The summed E-state index contributed by atoms with van der Waals surface area (Å²) >= 11 is 6.87. The number of aromatic amines is 1. The van der Waals surface area contributed by atoms with Gasteiger partial charge in [-0.05, 0) is 60.8 Å². The molecule has 3 aromatic rings. The number of aromatic nitrogens is 3. The zero-order chi connectivity index (χ0) is 17.1. The van der Waals surface area contributed by atoms with Crippen molar-refractivity contribution < 1.29 is 4.79 Å². The van der Waals surface area contributed by atoms with E-state index >= 15 is 0 Å².